The zero-order valence-corrected chi connectivity index (χ0v) is 13.7. The van der Waals surface area contributed by atoms with E-state index in [1.807, 2.05) is 0 Å². The lowest BCUT2D eigenvalue weighted by Gasteiger charge is -2.22. The molecular formula is C15H15F2N3O3S. The predicted molar refractivity (Wildman–Crippen MR) is 84.9 cm³/mol. The summed E-state index contributed by atoms with van der Waals surface area (Å²) < 4.78 is 52.1. The molecule has 1 aromatic heterocycles. The van der Waals surface area contributed by atoms with Gasteiger partial charge in [0.2, 0.25) is 0 Å². The molecule has 1 aromatic carbocycles. The number of nitrogens with one attached hydrogen (secondary N) is 2. The van der Waals surface area contributed by atoms with E-state index in [9.17, 15) is 22.0 Å². The van der Waals surface area contributed by atoms with Crippen LogP contribution in [0.1, 0.15) is 17.4 Å². The molecule has 0 aliphatic carbocycles. The summed E-state index contributed by atoms with van der Waals surface area (Å²) in [7, 11) is -1.94. The van der Waals surface area contributed by atoms with Gasteiger partial charge in [0.1, 0.15) is 10.6 Å². The molecule has 6 nitrogen and oxygen atoms in total. The maximum atomic E-state index is 13.3. The monoisotopic (exact) mass is 355 g/mol. The van der Waals surface area contributed by atoms with Gasteiger partial charge in [0.15, 0.2) is 21.5 Å². The normalized spacial score (nSPS) is 18.6. The fraction of sp³-hybridized carbons (Fsp3) is 0.267. The van der Waals surface area contributed by atoms with Crippen LogP contribution in [0.4, 0.5) is 20.2 Å². The molecular weight excluding hydrogens is 340 g/mol. The van der Waals surface area contributed by atoms with Gasteiger partial charge >= 0.3 is 0 Å². The van der Waals surface area contributed by atoms with Gasteiger partial charge in [-0.2, -0.15) is 0 Å². The van der Waals surface area contributed by atoms with Crippen molar-refractivity contribution < 1.29 is 22.0 Å². The number of aromatic nitrogens is 1. The first-order valence-corrected chi connectivity index (χ1v) is 8.79. The first kappa shape index (κ1) is 16.4. The van der Waals surface area contributed by atoms with Crippen LogP contribution in [0, 0.1) is 11.6 Å². The molecule has 9 heteroatoms. The second-order valence-corrected chi connectivity index (χ2v) is 7.74. The van der Waals surface area contributed by atoms with Crippen LogP contribution in [-0.2, 0) is 16.9 Å². The Hall–Kier alpha value is -2.42. The summed E-state index contributed by atoms with van der Waals surface area (Å²) in [5.74, 6) is -2.79. The molecule has 0 bridgehead atoms. The first-order valence-electron chi connectivity index (χ1n) is 7.14. The van der Waals surface area contributed by atoms with E-state index >= 15 is 0 Å². The summed E-state index contributed by atoms with van der Waals surface area (Å²) in [6.07, 6.45) is 1.36. The highest BCUT2D eigenvalue weighted by atomic mass is 32.2. The molecule has 0 fully saturated rings. The zero-order chi connectivity index (χ0) is 17.6. The fourth-order valence-corrected chi connectivity index (χ4v) is 4.42. The van der Waals surface area contributed by atoms with E-state index in [0.717, 1.165) is 12.1 Å². The largest absolute Gasteiger partial charge is 0.379 e. The summed E-state index contributed by atoms with van der Waals surface area (Å²) in [5, 5.41) is 5.44. The third kappa shape index (κ3) is 2.75. The standard InChI is InChI=1S/C15H15F2N3O3S/c1-8-7-24(22,23)12-6-20(2)14(13(12)18-8)15(21)19-9-3-4-10(16)11(17)5-9/h3-6,8,18H,7H2,1-2H3,(H,19,21). The number of anilines is 2. The van der Waals surface area contributed by atoms with E-state index in [1.54, 1.807) is 14.0 Å². The minimum Gasteiger partial charge on any atom is -0.379 e. The van der Waals surface area contributed by atoms with Crippen LogP contribution in [0.5, 0.6) is 0 Å². The molecule has 2 aromatic rings. The molecule has 24 heavy (non-hydrogen) atoms. The lowest BCUT2D eigenvalue weighted by molar-refractivity contribution is 0.102. The van der Waals surface area contributed by atoms with E-state index in [0.29, 0.717) is 0 Å². The Morgan fingerprint density at radius 2 is 2.04 bits per heavy atom. The summed E-state index contributed by atoms with van der Waals surface area (Å²) >= 11 is 0. The van der Waals surface area contributed by atoms with Gasteiger partial charge < -0.3 is 15.2 Å². The number of nitrogens with zero attached hydrogens (tertiary/aromatic N) is 1. The number of rotatable bonds is 2. The lowest BCUT2D eigenvalue weighted by Crippen LogP contribution is -2.32. The molecule has 1 amide bonds. The molecule has 1 atom stereocenters. The Morgan fingerprint density at radius 3 is 2.71 bits per heavy atom. The number of carbonyl (C=O) groups is 1. The Kier molecular flexibility index (Phi) is 3.83. The number of hydrogen-bond acceptors (Lipinski definition) is 4. The Balaban J connectivity index is 1.99. The SMILES string of the molecule is CC1CS(=O)(=O)c2cn(C)c(C(=O)Nc3ccc(F)c(F)c3)c2N1. The van der Waals surface area contributed by atoms with Gasteiger partial charge in [0, 0.05) is 31.0 Å². The molecule has 0 saturated heterocycles. The van der Waals surface area contributed by atoms with Crippen molar-refractivity contribution >= 4 is 27.1 Å². The van der Waals surface area contributed by atoms with Gasteiger partial charge in [-0.15, -0.1) is 0 Å². The minimum absolute atomic E-state index is 0.0542. The fourth-order valence-electron chi connectivity index (χ4n) is 2.72. The highest BCUT2D eigenvalue weighted by molar-refractivity contribution is 7.91. The van der Waals surface area contributed by atoms with Crippen molar-refractivity contribution in [2.75, 3.05) is 16.4 Å². The quantitative estimate of drug-likeness (QED) is 0.865. The van der Waals surface area contributed by atoms with Crippen LogP contribution < -0.4 is 10.6 Å². The smallest absolute Gasteiger partial charge is 0.274 e. The summed E-state index contributed by atoms with van der Waals surface area (Å²) in [4.78, 5) is 12.6. The number of halogens is 2. The number of carbonyl (C=O) groups excluding carboxylic acids is 1. The molecule has 0 spiro atoms. The number of fused-ring (bicyclic) bond motifs is 1. The van der Waals surface area contributed by atoms with E-state index in [-0.39, 0.29) is 33.8 Å². The summed E-state index contributed by atoms with van der Waals surface area (Å²) in [5.41, 5.74) is 0.391. The molecule has 0 saturated carbocycles. The Morgan fingerprint density at radius 1 is 1.33 bits per heavy atom. The van der Waals surface area contributed by atoms with Crippen LogP contribution in [0.2, 0.25) is 0 Å². The summed E-state index contributed by atoms with van der Waals surface area (Å²) in [6.45, 7) is 1.70. The van der Waals surface area contributed by atoms with Gasteiger partial charge in [0.25, 0.3) is 5.91 Å². The molecule has 3 rings (SSSR count). The van der Waals surface area contributed by atoms with Crippen molar-refractivity contribution in [3.05, 3.63) is 41.7 Å². The molecule has 1 aliphatic rings. The molecule has 2 heterocycles. The van der Waals surface area contributed by atoms with Crippen LogP contribution in [0.25, 0.3) is 0 Å². The third-order valence-electron chi connectivity index (χ3n) is 3.73. The summed E-state index contributed by atoms with van der Waals surface area (Å²) in [6, 6.07) is 2.63. The van der Waals surface area contributed by atoms with Gasteiger partial charge in [-0.1, -0.05) is 0 Å². The number of hydrogen-bond donors (Lipinski definition) is 2. The maximum Gasteiger partial charge on any atom is 0.274 e. The number of aryl methyl sites for hydroxylation is 1. The van der Waals surface area contributed by atoms with Crippen molar-refractivity contribution in [2.45, 2.75) is 17.9 Å². The van der Waals surface area contributed by atoms with Crippen molar-refractivity contribution in [3.8, 4) is 0 Å². The molecule has 1 unspecified atom stereocenters. The number of sulfone groups is 1. The molecule has 0 radical (unpaired) electrons. The zero-order valence-electron chi connectivity index (χ0n) is 12.9. The number of benzene rings is 1. The lowest BCUT2D eigenvalue weighted by atomic mass is 10.2. The van der Waals surface area contributed by atoms with Crippen molar-refractivity contribution in [3.63, 3.8) is 0 Å². The Bertz CT molecular complexity index is 938. The van der Waals surface area contributed by atoms with Gasteiger partial charge in [-0.25, -0.2) is 17.2 Å². The highest BCUT2D eigenvalue weighted by Crippen LogP contribution is 2.33. The van der Waals surface area contributed by atoms with Crippen molar-refractivity contribution in [2.24, 2.45) is 7.05 Å². The Labute approximate surface area is 137 Å². The predicted octanol–water partition coefficient (Wildman–Crippen LogP) is 2.14. The van der Waals surface area contributed by atoms with E-state index in [4.69, 9.17) is 0 Å². The van der Waals surface area contributed by atoms with E-state index in [2.05, 4.69) is 10.6 Å². The van der Waals surface area contributed by atoms with Crippen LogP contribution in [-0.4, -0.2) is 30.7 Å². The minimum atomic E-state index is -3.48. The van der Waals surface area contributed by atoms with Gasteiger partial charge in [0.05, 0.1) is 11.4 Å². The maximum absolute atomic E-state index is 13.3. The average Bonchev–Trinajstić information content (AvgIpc) is 2.79. The highest BCUT2D eigenvalue weighted by Gasteiger charge is 2.34. The van der Waals surface area contributed by atoms with Gasteiger partial charge in [-0.3, -0.25) is 4.79 Å². The molecule has 2 N–H and O–H groups in total. The van der Waals surface area contributed by atoms with E-state index in [1.165, 1.54) is 16.8 Å². The van der Waals surface area contributed by atoms with Crippen LogP contribution >= 0.6 is 0 Å². The second kappa shape index (κ2) is 5.59. The molecule has 128 valence electrons. The van der Waals surface area contributed by atoms with Crippen LogP contribution in [0.15, 0.2) is 29.3 Å². The topological polar surface area (TPSA) is 80.2 Å². The van der Waals surface area contributed by atoms with Crippen molar-refractivity contribution in [1.82, 2.24) is 4.57 Å². The van der Waals surface area contributed by atoms with Crippen molar-refractivity contribution in [1.29, 1.82) is 0 Å². The number of amides is 1. The second-order valence-electron chi connectivity index (χ2n) is 5.74. The first-order chi connectivity index (χ1) is 11.2. The molecule has 1 aliphatic heterocycles. The third-order valence-corrected chi connectivity index (χ3v) is 5.65. The average molecular weight is 355 g/mol. The van der Waals surface area contributed by atoms with Gasteiger partial charge in [-0.05, 0) is 19.1 Å². The van der Waals surface area contributed by atoms with E-state index < -0.39 is 27.4 Å². The van der Waals surface area contributed by atoms with Crippen LogP contribution in [0.3, 0.4) is 0 Å².